The minimum Gasteiger partial charge on any atom is -0.487 e. The summed E-state index contributed by atoms with van der Waals surface area (Å²) in [7, 11) is -2.46. The number of carboxylic acid groups (broad SMARTS) is 1. The average Bonchev–Trinajstić information content (AvgIpc) is 2.64. The second-order valence-corrected chi connectivity index (χ2v) is 10.1. The van der Waals surface area contributed by atoms with Gasteiger partial charge in [-0.2, -0.15) is 8.42 Å². The summed E-state index contributed by atoms with van der Waals surface area (Å²) in [6.07, 6.45) is 2.37. The van der Waals surface area contributed by atoms with Crippen molar-refractivity contribution < 1.29 is 23.1 Å². The number of carbonyl (C=O) groups is 1. The van der Waals surface area contributed by atoms with Crippen molar-refractivity contribution in [2.75, 3.05) is 13.6 Å². The number of guanidine groups is 1. The molecule has 0 fully saturated rings. The lowest BCUT2D eigenvalue weighted by atomic mass is 9.88. The van der Waals surface area contributed by atoms with E-state index in [0.717, 1.165) is 29.7 Å². The highest BCUT2D eigenvalue weighted by atomic mass is 32.2. The van der Waals surface area contributed by atoms with Crippen molar-refractivity contribution in [2.45, 2.75) is 76.8 Å². The summed E-state index contributed by atoms with van der Waals surface area (Å²) < 4.78 is 36.1. The van der Waals surface area contributed by atoms with E-state index in [4.69, 9.17) is 15.6 Å². The molecule has 0 aromatic heterocycles. The van der Waals surface area contributed by atoms with Gasteiger partial charge < -0.3 is 26.2 Å². The van der Waals surface area contributed by atoms with Gasteiger partial charge in [0, 0.05) is 6.54 Å². The van der Waals surface area contributed by atoms with Crippen molar-refractivity contribution in [2.24, 2.45) is 10.1 Å². The first-order chi connectivity index (χ1) is 14.3. The number of nitrogens with one attached hydrogen (secondary N) is 2. The first kappa shape index (κ1) is 24.9. The summed E-state index contributed by atoms with van der Waals surface area (Å²) in [6, 6.07) is -0.667. The van der Waals surface area contributed by atoms with E-state index in [1.54, 1.807) is 20.9 Å². The van der Waals surface area contributed by atoms with Crippen LogP contribution in [0.15, 0.2) is 9.29 Å². The summed E-state index contributed by atoms with van der Waals surface area (Å²) in [5, 5.41) is 14.5. The van der Waals surface area contributed by atoms with Crippen LogP contribution in [-0.2, 0) is 21.2 Å². The van der Waals surface area contributed by atoms with E-state index in [1.165, 1.54) is 0 Å². The van der Waals surface area contributed by atoms with Crippen LogP contribution < -0.4 is 21.1 Å². The second kappa shape index (κ2) is 9.44. The number of aliphatic carboxylic acids is 1. The van der Waals surface area contributed by atoms with Crippen LogP contribution in [0.1, 0.15) is 55.4 Å². The molecule has 1 aromatic carbocycles. The van der Waals surface area contributed by atoms with Gasteiger partial charge in [0.05, 0.1) is 4.90 Å². The maximum Gasteiger partial charge on any atom is 0.320 e. The fourth-order valence-electron chi connectivity index (χ4n) is 3.86. The third kappa shape index (κ3) is 5.68. The topological polar surface area (TPSA) is 143 Å². The van der Waals surface area contributed by atoms with Gasteiger partial charge in [-0.05, 0) is 89.6 Å². The third-order valence-electron chi connectivity index (χ3n) is 5.77. The second-order valence-electron chi connectivity index (χ2n) is 8.57. The largest absolute Gasteiger partial charge is 0.487 e. The molecule has 10 heteroatoms. The number of likely N-dealkylation sites (N-methyl/N-ethyl adjacent to an activating group) is 1. The Balaban J connectivity index is 2.24. The van der Waals surface area contributed by atoms with Crippen molar-refractivity contribution in [3.63, 3.8) is 0 Å². The van der Waals surface area contributed by atoms with E-state index >= 15 is 0 Å². The lowest BCUT2D eigenvalue weighted by molar-refractivity contribution is -0.139. The highest BCUT2D eigenvalue weighted by Crippen LogP contribution is 2.42. The Morgan fingerprint density at radius 2 is 1.90 bits per heavy atom. The van der Waals surface area contributed by atoms with E-state index in [1.807, 2.05) is 20.8 Å². The number of nitrogens with zero attached hydrogens (tertiary/aromatic N) is 1. The minimum atomic E-state index is -4.04. The molecule has 1 aliphatic heterocycles. The summed E-state index contributed by atoms with van der Waals surface area (Å²) in [4.78, 5) is 11.2. The number of carboxylic acids is 1. The Bertz CT molecular complexity index is 986. The Morgan fingerprint density at radius 3 is 2.48 bits per heavy atom. The number of sulfonamides is 1. The van der Waals surface area contributed by atoms with Crippen molar-refractivity contribution >= 4 is 22.0 Å². The Hall–Kier alpha value is -2.33. The maximum absolute atomic E-state index is 13.1. The molecule has 9 nitrogen and oxygen atoms in total. The molecule has 1 aromatic rings. The fourth-order valence-corrected chi connectivity index (χ4v) is 5.32. The summed E-state index contributed by atoms with van der Waals surface area (Å²) in [6.45, 7) is 9.75. The molecule has 174 valence electrons. The van der Waals surface area contributed by atoms with Gasteiger partial charge in [0.2, 0.25) is 5.96 Å². The van der Waals surface area contributed by atoms with E-state index in [9.17, 15) is 13.2 Å². The van der Waals surface area contributed by atoms with Crippen molar-refractivity contribution in [1.29, 1.82) is 0 Å². The Kier molecular flexibility index (Phi) is 7.59. The highest BCUT2D eigenvalue weighted by Gasteiger charge is 2.33. The van der Waals surface area contributed by atoms with E-state index in [0.29, 0.717) is 30.5 Å². The minimum absolute atomic E-state index is 0.165. The number of hydrogen-bond donors (Lipinski definition) is 4. The first-order valence-electron chi connectivity index (χ1n) is 10.4. The summed E-state index contributed by atoms with van der Waals surface area (Å²) in [5.41, 5.74) is 8.46. The molecule has 31 heavy (non-hydrogen) atoms. The molecule has 0 saturated heterocycles. The van der Waals surface area contributed by atoms with Gasteiger partial charge in [0.1, 0.15) is 17.4 Å². The van der Waals surface area contributed by atoms with Crippen LogP contribution in [0.25, 0.3) is 0 Å². The fraction of sp³-hybridized carbons (Fsp3) is 0.619. The highest BCUT2D eigenvalue weighted by molar-refractivity contribution is 7.90. The van der Waals surface area contributed by atoms with Gasteiger partial charge >= 0.3 is 5.97 Å². The smallest absolute Gasteiger partial charge is 0.320 e. The monoisotopic (exact) mass is 454 g/mol. The number of hydrogen-bond acceptors (Lipinski definition) is 5. The van der Waals surface area contributed by atoms with Gasteiger partial charge in [0.25, 0.3) is 10.0 Å². The van der Waals surface area contributed by atoms with Crippen molar-refractivity contribution in [3.05, 3.63) is 22.3 Å². The lowest BCUT2D eigenvalue weighted by Gasteiger charge is -2.35. The molecule has 0 bridgehead atoms. The lowest BCUT2D eigenvalue weighted by Crippen LogP contribution is -2.37. The average molecular weight is 455 g/mol. The van der Waals surface area contributed by atoms with Crippen LogP contribution in [0.2, 0.25) is 0 Å². The Labute approximate surface area is 184 Å². The SMILES string of the molecule is CN[C@@H](CCCN/C(N)=N/S(=O)(=O)c1c(C)c(C)c2c(c1C)CCC(C)(C)O2)C(=O)O. The van der Waals surface area contributed by atoms with E-state index in [2.05, 4.69) is 15.0 Å². The molecule has 0 saturated carbocycles. The molecular formula is C21H34N4O5S. The van der Waals surface area contributed by atoms with Crippen molar-refractivity contribution in [3.8, 4) is 5.75 Å². The normalized spacial score (nSPS) is 16.9. The molecule has 1 heterocycles. The van der Waals surface area contributed by atoms with Crippen molar-refractivity contribution in [1.82, 2.24) is 10.6 Å². The molecule has 2 rings (SSSR count). The van der Waals surface area contributed by atoms with Gasteiger partial charge in [0.15, 0.2) is 0 Å². The van der Waals surface area contributed by atoms with E-state index in [-0.39, 0.29) is 16.5 Å². The van der Waals surface area contributed by atoms with Gasteiger partial charge in [-0.1, -0.05) is 0 Å². The molecule has 1 atom stereocenters. The zero-order valence-corrected chi connectivity index (χ0v) is 19.9. The van der Waals surface area contributed by atoms with Crippen LogP contribution in [0.5, 0.6) is 5.75 Å². The number of fused-ring (bicyclic) bond motifs is 1. The third-order valence-corrected chi connectivity index (χ3v) is 7.33. The number of nitrogens with two attached hydrogens (primary N) is 1. The molecule has 0 radical (unpaired) electrons. The first-order valence-corrected chi connectivity index (χ1v) is 11.8. The van der Waals surface area contributed by atoms with Crippen LogP contribution in [-0.4, -0.2) is 50.7 Å². The van der Waals surface area contributed by atoms with Crippen LogP contribution in [0.3, 0.4) is 0 Å². The zero-order chi connectivity index (χ0) is 23.6. The number of benzene rings is 1. The molecule has 1 aliphatic rings. The quantitative estimate of drug-likeness (QED) is 0.264. The van der Waals surface area contributed by atoms with Gasteiger partial charge in [-0.15, -0.1) is 4.40 Å². The number of rotatable bonds is 8. The summed E-state index contributed by atoms with van der Waals surface area (Å²) >= 11 is 0. The number of ether oxygens (including phenoxy) is 1. The van der Waals surface area contributed by atoms with E-state index < -0.39 is 22.0 Å². The van der Waals surface area contributed by atoms with Gasteiger partial charge in [-0.3, -0.25) is 4.79 Å². The standard InChI is InChI=1S/C21H34N4O5S/c1-12-13(2)18(14(3)15-9-10-21(4,5)30-17(12)15)31(28,29)25-20(22)24-11-7-8-16(23-6)19(26)27/h16,23H,7-11H2,1-6H3,(H,26,27)(H3,22,24,25)/t16-/m0/s1. The molecule has 0 amide bonds. The molecule has 5 N–H and O–H groups in total. The maximum atomic E-state index is 13.1. The molecule has 0 spiro atoms. The van der Waals surface area contributed by atoms with Crippen LogP contribution in [0.4, 0.5) is 0 Å². The molecule has 0 unspecified atom stereocenters. The van der Waals surface area contributed by atoms with Crippen LogP contribution in [0, 0.1) is 20.8 Å². The Morgan fingerprint density at radius 1 is 1.26 bits per heavy atom. The predicted molar refractivity (Wildman–Crippen MR) is 120 cm³/mol. The van der Waals surface area contributed by atoms with Gasteiger partial charge in [-0.25, -0.2) is 0 Å². The molecular weight excluding hydrogens is 420 g/mol. The summed E-state index contributed by atoms with van der Waals surface area (Å²) in [5.74, 6) is -0.395. The van der Waals surface area contributed by atoms with Crippen LogP contribution >= 0.6 is 0 Å². The molecule has 0 aliphatic carbocycles. The predicted octanol–water partition coefficient (Wildman–Crippen LogP) is 1.76. The zero-order valence-electron chi connectivity index (χ0n) is 19.1.